The molecule has 15 heteroatoms. The van der Waals surface area contributed by atoms with Crippen LogP contribution in [0, 0.1) is 5.92 Å². The lowest BCUT2D eigenvalue weighted by Gasteiger charge is -2.15. The van der Waals surface area contributed by atoms with Crippen molar-refractivity contribution < 1.29 is 35.9 Å². The van der Waals surface area contributed by atoms with Crippen molar-refractivity contribution in [3.05, 3.63) is 23.0 Å². The van der Waals surface area contributed by atoms with Crippen LogP contribution in [-0.4, -0.2) is 80.7 Å². The second-order valence-corrected chi connectivity index (χ2v) is 11.6. The molecule has 1 amide bonds. The smallest absolute Gasteiger partial charge is 0.411 e. The van der Waals surface area contributed by atoms with Crippen LogP contribution in [-0.2, 0) is 21.1 Å². The van der Waals surface area contributed by atoms with Gasteiger partial charge in [-0.2, -0.15) is 18.3 Å². The van der Waals surface area contributed by atoms with Crippen LogP contribution in [0.15, 0.2) is 12.3 Å². The van der Waals surface area contributed by atoms with E-state index in [4.69, 9.17) is 16.3 Å². The second kappa shape index (κ2) is 14.7. The Kier molecular flexibility index (Phi) is 12.3. The first kappa shape index (κ1) is 32.6. The molecule has 10 nitrogen and oxygen atoms in total. The summed E-state index contributed by atoms with van der Waals surface area (Å²) < 4.78 is 71.0. The second-order valence-electron chi connectivity index (χ2n) is 8.95. The Morgan fingerprint density at radius 1 is 1.28 bits per heavy atom. The summed E-state index contributed by atoms with van der Waals surface area (Å²) in [5.41, 5.74) is 0.932. The number of alkyl halides is 3. The van der Waals surface area contributed by atoms with E-state index in [2.05, 4.69) is 25.5 Å². The van der Waals surface area contributed by atoms with E-state index in [-0.39, 0.29) is 35.5 Å². The van der Waals surface area contributed by atoms with E-state index in [0.717, 1.165) is 6.42 Å². The summed E-state index contributed by atoms with van der Waals surface area (Å²) in [7, 11) is -1.60. The minimum Gasteiger partial charge on any atom is -0.496 e. The van der Waals surface area contributed by atoms with Gasteiger partial charge < -0.3 is 20.1 Å². The number of ether oxygens (including phenoxy) is 2. The molecule has 0 unspecified atom stereocenters. The Balaban J connectivity index is 2.13. The highest BCUT2D eigenvalue weighted by molar-refractivity contribution is 7.90. The highest BCUT2D eigenvalue weighted by atomic mass is 35.5. The molecule has 2 aromatic heterocycles. The molecule has 0 aliphatic rings. The maximum Gasteiger partial charge on any atom is 0.411 e. The molecule has 2 heterocycles. The van der Waals surface area contributed by atoms with Gasteiger partial charge in [0, 0.05) is 43.9 Å². The number of methoxy groups -OCH3 is 1. The number of hydrogen-bond acceptors (Lipinski definition) is 8. The Morgan fingerprint density at radius 3 is 2.59 bits per heavy atom. The standard InChI is InChI=1S/C24H35ClF3N5O5S/c1-5-16(8-7-11-39(4,35)36)13-31-23(34)21-20(25)22(33(6-2)32-21)17-14-30-19(12-18(17)37-3)29-9-10-38-15-24(26,27)28/h12,14,16H,5-11,13,15H2,1-4H3,(H,29,30)(H,31,34)/t16-/m1/s1. The summed E-state index contributed by atoms with van der Waals surface area (Å²) in [6.07, 6.45) is 0.224. The summed E-state index contributed by atoms with van der Waals surface area (Å²) in [6, 6.07) is 1.56. The van der Waals surface area contributed by atoms with Gasteiger partial charge in [0.1, 0.15) is 28.0 Å². The van der Waals surface area contributed by atoms with Gasteiger partial charge in [-0.15, -0.1) is 0 Å². The van der Waals surface area contributed by atoms with Crippen LogP contribution in [0.1, 0.15) is 43.6 Å². The molecule has 0 radical (unpaired) electrons. The molecule has 2 N–H and O–H groups in total. The summed E-state index contributed by atoms with van der Waals surface area (Å²) >= 11 is 6.63. The number of carbonyl (C=O) groups excluding carboxylic acids is 1. The molecule has 0 saturated heterocycles. The van der Waals surface area contributed by atoms with Gasteiger partial charge in [0.25, 0.3) is 5.91 Å². The number of anilines is 1. The number of nitrogens with zero attached hydrogens (tertiary/aromatic N) is 3. The molecule has 220 valence electrons. The summed E-state index contributed by atoms with van der Waals surface area (Å²) in [4.78, 5) is 17.3. The SMILES string of the molecule is CC[C@H](CCCS(C)(=O)=O)CNC(=O)c1nn(CC)c(-c2cnc(NCCOCC(F)(F)F)cc2OC)c1Cl. The van der Waals surface area contributed by atoms with Crippen molar-refractivity contribution in [2.45, 2.75) is 45.8 Å². The van der Waals surface area contributed by atoms with Gasteiger partial charge in [0.2, 0.25) is 0 Å². The number of amides is 1. The van der Waals surface area contributed by atoms with Crippen LogP contribution in [0.5, 0.6) is 5.75 Å². The van der Waals surface area contributed by atoms with Crippen molar-refractivity contribution in [2.75, 3.05) is 50.7 Å². The Hall–Kier alpha value is -2.58. The van der Waals surface area contributed by atoms with Crippen LogP contribution in [0.2, 0.25) is 5.02 Å². The molecule has 0 aliphatic heterocycles. The Bertz CT molecular complexity index is 1210. The number of hydrogen-bond donors (Lipinski definition) is 2. The fourth-order valence-electron chi connectivity index (χ4n) is 3.80. The quantitative estimate of drug-likeness (QED) is 0.276. The lowest BCUT2D eigenvalue weighted by molar-refractivity contribution is -0.172. The van der Waals surface area contributed by atoms with Crippen LogP contribution < -0.4 is 15.4 Å². The molecule has 0 saturated carbocycles. The first-order chi connectivity index (χ1) is 18.3. The molecule has 0 aromatic carbocycles. The molecule has 39 heavy (non-hydrogen) atoms. The van der Waals surface area contributed by atoms with Crippen LogP contribution >= 0.6 is 11.6 Å². The molecule has 0 aliphatic carbocycles. The highest BCUT2D eigenvalue weighted by Gasteiger charge is 2.27. The third-order valence-electron chi connectivity index (χ3n) is 5.82. The predicted octanol–water partition coefficient (Wildman–Crippen LogP) is 4.20. The number of carbonyl (C=O) groups is 1. The van der Waals surface area contributed by atoms with Gasteiger partial charge in [-0.3, -0.25) is 9.48 Å². The number of pyridine rings is 1. The number of aromatic nitrogens is 3. The van der Waals surface area contributed by atoms with Crippen molar-refractivity contribution in [3.8, 4) is 17.0 Å². The van der Waals surface area contributed by atoms with E-state index in [1.54, 1.807) is 10.7 Å². The number of rotatable bonds is 16. The maximum atomic E-state index is 13.0. The number of aryl methyl sites for hydroxylation is 1. The summed E-state index contributed by atoms with van der Waals surface area (Å²) in [5, 5.41) is 10.2. The highest BCUT2D eigenvalue weighted by Crippen LogP contribution is 2.37. The molecule has 0 bridgehead atoms. The molecule has 2 rings (SSSR count). The maximum absolute atomic E-state index is 13.0. The lowest BCUT2D eigenvalue weighted by Crippen LogP contribution is -2.30. The van der Waals surface area contributed by atoms with E-state index in [1.807, 2.05) is 13.8 Å². The van der Waals surface area contributed by atoms with E-state index < -0.39 is 28.5 Å². The minimum atomic E-state index is -4.39. The van der Waals surface area contributed by atoms with E-state index in [9.17, 15) is 26.4 Å². The topological polar surface area (TPSA) is 124 Å². The van der Waals surface area contributed by atoms with Crippen molar-refractivity contribution >= 4 is 33.2 Å². The molecular formula is C24H35ClF3N5O5S. The van der Waals surface area contributed by atoms with Gasteiger partial charge in [-0.1, -0.05) is 24.9 Å². The van der Waals surface area contributed by atoms with Crippen LogP contribution in [0.3, 0.4) is 0 Å². The molecule has 0 spiro atoms. The van der Waals surface area contributed by atoms with Crippen molar-refractivity contribution in [1.82, 2.24) is 20.1 Å². The van der Waals surface area contributed by atoms with E-state index in [1.165, 1.54) is 19.6 Å². The van der Waals surface area contributed by atoms with E-state index >= 15 is 0 Å². The monoisotopic (exact) mass is 597 g/mol. The fourth-order valence-corrected chi connectivity index (χ4v) is 4.81. The lowest BCUT2D eigenvalue weighted by atomic mass is 10.0. The van der Waals surface area contributed by atoms with E-state index in [0.29, 0.717) is 48.8 Å². The fraction of sp³-hybridized carbons (Fsp3) is 0.625. The van der Waals surface area contributed by atoms with Gasteiger partial charge in [-0.25, -0.2) is 13.4 Å². The van der Waals surface area contributed by atoms with Gasteiger partial charge in [0.05, 0.1) is 30.0 Å². The minimum absolute atomic E-state index is 0.0329. The first-order valence-electron chi connectivity index (χ1n) is 12.4. The zero-order valence-electron chi connectivity index (χ0n) is 22.4. The third kappa shape index (κ3) is 10.5. The van der Waals surface area contributed by atoms with Gasteiger partial charge >= 0.3 is 6.18 Å². The van der Waals surface area contributed by atoms with Crippen LogP contribution in [0.25, 0.3) is 11.3 Å². The summed E-state index contributed by atoms with van der Waals surface area (Å²) in [6.45, 7) is 3.14. The first-order valence-corrected chi connectivity index (χ1v) is 14.9. The number of halogens is 4. The normalized spacial score (nSPS) is 12.8. The molecule has 1 atom stereocenters. The zero-order chi connectivity index (χ0) is 29.2. The third-order valence-corrected chi connectivity index (χ3v) is 7.21. The largest absolute Gasteiger partial charge is 0.496 e. The van der Waals surface area contributed by atoms with Crippen molar-refractivity contribution in [2.24, 2.45) is 5.92 Å². The van der Waals surface area contributed by atoms with Crippen molar-refractivity contribution in [1.29, 1.82) is 0 Å². The van der Waals surface area contributed by atoms with Crippen LogP contribution in [0.4, 0.5) is 19.0 Å². The van der Waals surface area contributed by atoms with Gasteiger partial charge in [0.15, 0.2) is 5.69 Å². The average Bonchev–Trinajstić information content (AvgIpc) is 3.20. The number of sulfone groups is 1. The molecule has 0 fully saturated rings. The zero-order valence-corrected chi connectivity index (χ0v) is 24.0. The molecule has 2 aromatic rings. The summed E-state index contributed by atoms with van der Waals surface area (Å²) in [5.74, 6) is 0.460. The molecular weight excluding hydrogens is 563 g/mol. The Labute approximate surface area is 231 Å². The van der Waals surface area contributed by atoms with Crippen molar-refractivity contribution in [3.63, 3.8) is 0 Å². The van der Waals surface area contributed by atoms with Gasteiger partial charge in [-0.05, 0) is 25.7 Å². The predicted molar refractivity (Wildman–Crippen MR) is 143 cm³/mol. The number of nitrogens with one attached hydrogen (secondary N) is 2. The Morgan fingerprint density at radius 2 is 2.00 bits per heavy atom. The average molecular weight is 598 g/mol.